The van der Waals surface area contributed by atoms with Crippen LogP contribution in [0, 0.1) is 0 Å². The summed E-state index contributed by atoms with van der Waals surface area (Å²) >= 11 is 4.36. The van der Waals surface area contributed by atoms with Crippen LogP contribution in [0.5, 0.6) is 0 Å². The summed E-state index contributed by atoms with van der Waals surface area (Å²) in [5.41, 5.74) is 5.25. The zero-order valence-corrected chi connectivity index (χ0v) is 14.5. The molecule has 0 aromatic carbocycles. The second kappa shape index (κ2) is 7.23. The number of carboxylic acid groups (broad SMARTS) is 1. The number of imidazole rings is 1. The summed E-state index contributed by atoms with van der Waals surface area (Å²) in [7, 11) is 0. The first kappa shape index (κ1) is 18.6. The molecule has 6 N–H and O–H groups in total. The normalized spacial score (nSPS) is 25.8. The zero-order chi connectivity index (χ0) is 19.0. The lowest BCUT2D eigenvalue weighted by Crippen LogP contribution is -2.30. The minimum atomic E-state index is -1.04. The van der Waals surface area contributed by atoms with Gasteiger partial charge < -0.3 is 25.8 Å². The Morgan fingerprint density at radius 2 is 2.15 bits per heavy atom. The highest BCUT2D eigenvalue weighted by Gasteiger charge is 2.44. The SMILES string of the molecule is Nc1nc2c(nc(CCCC(=O)O)n2[C@@H]2O[C@H](CO)[C@@H](O)[C@H]2S)c(=O)[nH]1. The number of H-pyrrole nitrogens is 1. The van der Waals surface area contributed by atoms with Crippen LogP contribution < -0.4 is 11.3 Å². The van der Waals surface area contributed by atoms with Crippen LogP contribution in [-0.4, -0.2) is 64.9 Å². The molecule has 4 atom stereocenters. The maximum Gasteiger partial charge on any atom is 0.303 e. The van der Waals surface area contributed by atoms with Gasteiger partial charge in [0.1, 0.15) is 11.9 Å². The van der Waals surface area contributed by atoms with Gasteiger partial charge in [-0.15, -0.1) is 0 Å². The van der Waals surface area contributed by atoms with Crippen LogP contribution in [0.2, 0.25) is 0 Å². The first-order valence-electron chi connectivity index (χ1n) is 7.94. The highest BCUT2D eigenvalue weighted by molar-refractivity contribution is 7.81. The van der Waals surface area contributed by atoms with E-state index in [2.05, 4.69) is 27.6 Å². The second-order valence-electron chi connectivity index (χ2n) is 6.00. The van der Waals surface area contributed by atoms with E-state index >= 15 is 0 Å². The van der Waals surface area contributed by atoms with Crippen LogP contribution >= 0.6 is 12.6 Å². The molecule has 0 saturated carbocycles. The van der Waals surface area contributed by atoms with Crippen LogP contribution in [0.3, 0.4) is 0 Å². The minimum Gasteiger partial charge on any atom is -0.481 e. The summed E-state index contributed by atoms with van der Waals surface area (Å²) in [6.45, 7) is -0.411. The Bertz CT molecular complexity index is 883. The number of hydrogen-bond acceptors (Lipinski definition) is 9. The van der Waals surface area contributed by atoms with E-state index in [4.69, 9.17) is 15.6 Å². The number of thiol groups is 1. The number of anilines is 1. The predicted molar refractivity (Wildman–Crippen MR) is 92.9 cm³/mol. The number of aliphatic carboxylic acids is 1. The number of carboxylic acids is 1. The Labute approximate surface area is 152 Å². The Morgan fingerprint density at radius 1 is 1.42 bits per heavy atom. The zero-order valence-electron chi connectivity index (χ0n) is 13.6. The van der Waals surface area contributed by atoms with Gasteiger partial charge in [0.25, 0.3) is 5.56 Å². The van der Waals surface area contributed by atoms with Crippen molar-refractivity contribution in [1.29, 1.82) is 0 Å². The number of aromatic amines is 1. The van der Waals surface area contributed by atoms with Crippen molar-refractivity contribution in [3.63, 3.8) is 0 Å². The molecule has 0 aliphatic carbocycles. The molecule has 1 aliphatic rings. The molecule has 142 valence electrons. The van der Waals surface area contributed by atoms with Gasteiger partial charge in [0.05, 0.1) is 18.0 Å². The van der Waals surface area contributed by atoms with Crippen molar-refractivity contribution in [2.45, 2.75) is 42.9 Å². The van der Waals surface area contributed by atoms with Crippen molar-refractivity contribution in [1.82, 2.24) is 19.5 Å². The lowest BCUT2D eigenvalue weighted by molar-refractivity contribution is -0.137. The van der Waals surface area contributed by atoms with Gasteiger partial charge in [0.15, 0.2) is 17.4 Å². The molecule has 2 aromatic rings. The molecule has 3 heterocycles. The fraction of sp³-hybridized carbons (Fsp3) is 0.571. The molecule has 2 aromatic heterocycles. The molecule has 0 radical (unpaired) electrons. The van der Waals surface area contributed by atoms with Crippen molar-refractivity contribution >= 4 is 35.7 Å². The number of hydrogen-bond donors (Lipinski definition) is 6. The van der Waals surface area contributed by atoms with Gasteiger partial charge in [-0.3, -0.25) is 19.1 Å². The largest absolute Gasteiger partial charge is 0.481 e. The fourth-order valence-electron chi connectivity index (χ4n) is 2.98. The van der Waals surface area contributed by atoms with Crippen molar-refractivity contribution in [2.24, 2.45) is 0 Å². The highest BCUT2D eigenvalue weighted by Crippen LogP contribution is 2.35. The summed E-state index contributed by atoms with van der Waals surface area (Å²) in [5, 5.41) is 27.6. The molecule has 1 fully saturated rings. The van der Waals surface area contributed by atoms with E-state index in [9.17, 15) is 19.8 Å². The van der Waals surface area contributed by atoms with Crippen molar-refractivity contribution in [2.75, 3.05) is 12.3 Å². The molecule has 0 unspecified atom stereocenters. The maximum atomic E-state index is 12.1. The van der Waals surface area contributed by atoms with Gasteiger partial charge in [0, 0.05) is 12.8 Å². The number of ether oxygens (including phenoxy) is 1. The lowest BCUT2D eigenvalue weighted by Gasteiger charge is -2.19. The van der Waals surface area contributed by atoms with Crippen LogP contribution in [-0.2, 0) is 16.0 Å². The molecule has 1 saturated heterocycles. The summed E-state index contributed by atoms with van der Waals surface area (Å²) in [6, 6.07) is 0. The number of nitrogens with two attached hydrogens (primary N) is 1. The third-order valence-electron chi connectivity index (χ3n) is 4.20. The molecule has 0 spiro atoms. The number of aliphatic hydroxyl groups is 2. The van der Waals surface area contributed by atoms with Gasteiger partial charge in [-0.2, -0.15) is 17.6 Å². The molecule has 12 heteroatoms. The predicted octanol–water partition coefficient (Wildman–Crippen LogP) is -1.34. The maximum absolute atomic E-state index is 12.1. The van der Waals surface area contributed by atoms with E-state index in [-0.39, 0.29) is 36.4 Å². The first-order chi connectivity index (χ1) is 12.3. The number of rotatable bonds is 6. The van der Waals surface area contributed by atoms with Crippen LogP contribution in [0.25, 0.3) is 11.2 Å². The average Bonchev–Trinajstić information content (AvgIpc) is 3.06. The summed E-state index contributed by atoms with van der Waals surface area (Å²) in [6.07, 6.45) is -2.32. The molecule has 1 aliphatic heterocycles. The number of aliphatic hydroxyl groups excluding tert-OH is 2. The van der Waals surface area contributed by atoms with Crippen LogP contribution in [0.1, 0.15) is 24.9 Å². The number of nitrogens with zero attached hydrogens (tertiary/aromatic N) is 3. The Balaban J connectivity index is 2.08. The van der Waals surface area contributed by atoms with E-state index in [0.29, 0.717) is 5.82 Å². The molecular weight excluding hydrogens is 366 g/mol. The monoisotopic (exact) mass is 385 g/mol. The molecule has 3 rings (SSSR count). The second-order valence-corrected chi connectivity index (χ2v) is 6.59. The van der Waals surface area contributed by atoms with E-state index < -0.39 is 41.8 Å². The number of carbonyl (C=O) groups is 1. The first-order valence-corrected chi connectivity index (χ1v) is 8.46. The number of nitrogens with one attached hydrogen (secondary N) is 1. The van der Waals surface area contributed by atoms with E-state index in [0.717, 1.165) is 0 Å². The quantitative estimate of drug-likeness (QED) is 0.328. The molecule has 11 nitrogen and oxygen atoms in total. The van der Waals surface area contributed by atoms with Crippen LogP contribution in [0.15, 0.2) is 4.79 Å². The van der Waals surface area contributed by atoms with E-state index in [1.807, 2.05) is 0 Å². The summed E-state index contributed by atoms with van der Waals surface area (Å²) in [4.78, 5) is 33.6. The molecule has 0 amide bonds. The number of fused-ring (bicyclic) bond motifs is 1. The van der Waals surface area contributed by atoms with E-state index in [1.54, 1.807) is 0 Å². The van der Waals surface area contributed by atoms with Gasteiger partial charge in [-0.1, -0.05) is 0 Å². The summed E-state index contributed by atoms with van der Waals surface area (Å²) < 4.78 is 7.16. The smallest absolute Gasteiger partial charge is 0.303 e. The number of aromatic nitrogens is 4. The fourth-order valence-corrected chi connectivity index (χ4v) is 3.38. The summed E-state index contributed by atoms with van der Waals surface area (Å²) in [5.74, 6) is -0.707. The lowest BCUT2D eigenvalue weighted by atomic mass is 10.2. The van der Waals surface area contributed by atoms with Gasteiger partial charge >= 0.3 is 5.97 Å². The third-order valence-corrected chi connectivity index (χ3v) is 4.77. The van der Waals surface area contributed by atoms with Gasteiger partial charge in [0.2, 0.25) is 5.95 Å². The number of nitrogen functional groups attached to an aromatic ring is 1. The van der Waals surface area contributed by atoms with E-state index in [1.165, 1.54) is 4.57 Å². The Kier molecular flexibility index (Phi) is 5.18. The molecular formula is C14H19N5O6S. The highest BCUT2D eigenvalue weighted by atomic mass is 32.1. The van der Waals surface area contributed by atoms with Crippen LogP contribution in [0.4, 0.5) is 5.95 Å². The number of aryl methyl sites for hydroxylation is 1. The topological polar surface area (TPSA) is 177 Å². The average molecular weight is 385 g/mol. The third kappa shape index (κ3) is 3.28. The molecule has 26 heavy (non-hydrogen) atoms. The van der Waals surface area contributed by atoms with Crippen molar-refractivity contribution in [3.05, 3.63) is 16.2 Å². The van der Waals surface area contributed by atoms with Gasteiger partial charge in [-0.25, -0.2) is 4.98 Å². The standard InChI is InChI=1S/C14H19N5O6S/c15-14-17-11-8(12(24)18-14)16-6(2-1-3-7(21)22)19(11)13-10(26)9(23)5(4-20)25-13/h5,9-10,13,20,23,26H,1-4H2,(H,21,22)(H3,15,17,18,24)/t5-,9-,10-,13-/m1/s1. The Hall–Kier alpha value is -2.15. The van der Waals surface area contributed by atoms with Crippen molar-refractivity contribution < 1.29 is 24.9 Å². The Morgan fingerprint density at radius 3 is 2.77 bits per heavy atom. The minimum absolute atomic E-state index is 0.0237. The molecule has 0 bridgehead atoms. The van der Waals surface area contributed by atoms with Crippen molar-refractivity contribution in [3.8, 4) is 0 Å². The van der Waals surface area contributed by atoms with Gasteiger partial charge in [-0.05, 0) is 6.42 Å².